The summed E-state index contributed by atoms with van der Waals surface area (Å²) in [5.41, 5.74) is 2.57. The van der Waals surface area contributed by atoms with Gasteiger partial charge in [-0.3, -0.25) is 19.8 Å². The van der Waals surface area contributed by atoms with Crippen LogP contribution in [0, 0.1) is 10.1 Å². The van der Waals surface area contributed by atoms with Gasteiger partial charge in [0, 0.05) is 50.4 Å². The van der Waals surface area contributed by atoms with Gasteiger partial charge < -0.3 is 9.64 Å². The summed E-state index contributed by atoms with van der Waals surface area (Å²) in [7, 11) is 0. The minimum atomic E-state index is -0.452. The van der Waals surface area contributed by atoms with Crippen molar-refractivity contribution in [1.82, 2.24) is 9.80 Å². The summed E-state index contributed by atoms with van der Waals surface area (Å²) in [6, 6.07) is 18.9. The molecular weight excluding hydrogens is 477 g/mol. The van der Waals surface area contributed by atoms with Crippen LogP contribution in [-0.2, 0) is 13.2 Å². The lowest BCUT2D eigenvalue weighted by molar-refractivity contribution is -0.384. The molecule has 0 unspecified atom stereocenters. The molecule has 1 aliphatic rings. The number of halogens is 2. The van der Waals surface area contributed by atoms with E-state index in [4.69, 9.17) is 27.9 Å². The molecule has 1 amide bonds. The van der Waals surface area contributed by atoms with Crippen LogP contribution in [0.2, 0.25) is 10.0 Å². The maximum absolute atomic E-state index is 13.0. The highest BCUT2D eigenvalue weighted by molar-refractivity contribution is 6.42. The first kappa shape index (κ1) is 24.0. The van der Waals surface area contributed by atoms with Crippen molar-refractivity contribution in [2.45, 2.75) is 13.2 Å². The molecule has 9 heteroatoms. The molecule has 3 aromatic carbocycles. The van der Waals surface area contributed by atoms with Crippen LogP contribution < -0.4 is 4.74 Å². The van der Waals surface area contributed by atoms with Crippen molar-refractivity contribution in [3.63, 3.8) is 0 Å². The monoisotopic (exact) mass is 499 g/mol. The molecular formula is C25H23Cl2N3O4. The second kappa shape index (κ2) is 10.9. The number of ether oxygens (including phenoxy) is 1. The molecule has 0 saturated carbocycles. The average Bonchev–Trinajstić information content (AvgIpc) is 2.85. The van der Waals surface area contributed by atoms with E-state index < -0.39 is 4.92 Å². The number of nitrogens with zero attached hydrogens (tertiary/aromatic N) is 3. The van der Waals surface area contributed by atoms with Crippen LogP contribution in [0.5, 0.6) is 5.75 Å². The fourth-order valence-electron chi connectivity index (χ4n) is 3.81. The molecule has 0 atom stereocenters. The van der Waals surface area contributed by atoms with Crippen LogP contribution in [0.3, 0.4) is 0 Å². The van der Waals surface area contributed by atoms with Gasteiger partial charge in [-0.2, -0.15) is 0 Å². The molecule has 34 heavy (non-hydrogen) atoms. The van der Waals surface area contributed by atoms with E-state index in [9.17, 15) is 14.9 Å². The van der Waals surface area contributed by atoms with E-state index in [0.717, 1.165) is 30.8 Å². The molecule has 176 valence electrons. The third-order valence-electron chi connectivity index (χ3n) is 5.68. The zero-order valence-corrected chi connectivity index (χ0v) is 19.8. The molecule has 0 aromatic heterocycles. The van der Waals surface area contributed by atoms with E-state index in [0.29, 0.717) is 34.4 Å². The number of amides is 1. The number of nitro benzene ring substituents is 1. The van der Waals surface area contributed by atoms with Gasteiger partial charge in [0.05, 0.1) is 15.0 Å². The first-order valence-electron chi connectivity index (χ1n) is 10.8. The third-order valence-corrected chi connectivity index (χ3v) is 6.42. The van der Waals surface area contributed by atoms with E-state index in [1.807, 2.05) is 35.2 Å². The van der Waals surface area contributed by atoms with Crippen molar-refractivity contribution in [3.8, 4) is 5.75 Å². The summed E-state index contributed by atoms with van der Waals surface area (Å²) >= 11 is 12.1. The van der Waals surface area contributed by atoms with Crippen LogP contribution in [-0.4, -0.2) is 46.8 Å². The fourth-order valence-corrected chi connectivity index (χ4v) is 4.13. The summed E-state index contributed by atoms with van der Waals surface area (Å²) in [5, 5.41) is 11.9. The molecule has 7 nitrogen and oxygen atoms in total. The molecule has 1 fully saturated rings. The number of rotatable bonds is 7. The summed E-state index contributed by atoms with van der Waals surface area (Å²) < 4.78 is 5.72. The smallest absolute Gasteiger partial charge is 0.269 e. The van der Waals surface area contributed by atoms with Crippen molar-refractivity contribution in [2.75, 3.05) is 26.2 Å². The SMILES string of the molecule is O=C(c1cccc(COc2ccc([N+](=O)[O-])cc2)c1)N1CCN(Cc2ccc(Cl)c(Cl)c2)CC1. The highest BCUT2D eigenvalue weighted by Crippen LogP contribution is 2.24. The maximum atomic E-state index is 13.0. The number of hydrogen-bond acceptors (Lipinski definition) is 5. The first-order chi connectivity index (χ1) is 16.4. The van der Waals surface area contributed by atoms with Crippen molar-refractivity contribution in [3.05, 3.63) is 104 Å². The average molecular weight is 500 g/mol. The van der Waals surface area contributed by atoms with Crippen LogP contribution in [0.15, 0.2) is 66.7 Å². The van der Waals surface area contributed by atoms with Crippen LogP contribution in [0.1, 0.15) is 21.5 Å². The minimum absolute atomic E-state index is 0.00799. The van der Waals surface area contributed by atoms with Gasteiger partial charge >= 0.3 is 0 Å². The predicted molar refractivity (Wildman–Crippen MR) is 132 cm³/mol. The molecule has 4 rings (SSSR count). The Morgan fingerprint density at radius 3 is 2.32 bits per heavy atom. The molecule has 0 spiro atoms. The zero-order valence-electron chi connectivity index (χ0n) is 18.3. The Morgan fingerprint density at radius 1 is 0.912 bits per heavy atom. The van der Waals surface area contributed by atoms with Crippen LogP contribution in [0.4, 0.5) is 5.69 Å². The molecule has 0 bridgehead atoms. The standard InChI is InChI=1S/C25H23Cl2N3O4/c26-23-9-4-18(15-24(23)27)16-28-10-12-29(13-11-28)25(31)20-3-1-2-19(14-20)17-34-22-7-5-21(6-8-22)30(32)33/h1-9,14-15H,10-13,16-17H2. The predicted octanol–water partition coefficient (Wildman–Crippen LogP) is 5.44. The van der Waals surface area contributed by atoms with Gasteiger partial charge in [-0.15, -0.1) is 0 Å². The summed E-state index contributed by atoms with van der Waals surface area (Å²) in [6.45, 7) is 3.85. The Hall–Kier alpha value is -3.13. The Kier molecular flexibility index (Phi) is 7.67. The zero-order chi connectivity index (χ0) is 24.1. The Balaban J connectivity index is 1.30. The first-order valence-corrected chi connectivity index (χ1v) is 11.6. The summed E-state index contributed by atoms with van der Waals surface area (Å²) in [4.78, 5) is 27.5. The molecule has 0 aliphatic carbocycles. The lowest BCUT2D eigenvalue weighted by Gasteiger charge is -2.35. The number of non-ortho nitro benzene ring substituents is 1. The second-order valence-corrected chi connectivity index (χ2v) is 8.87. The molecule has 3 aromatic rings. The van der Waals surface area contributed by atoms with Crippen molar-refractivity contribution in [2.24, 2.45) is 0 Å². The molecule has 0 N–H and O–H groups in total. The van der Waals surface area contributed by atoms with E-state index in [1.54, 1.807) is 24.3 Å². The highest BCUT2D eigenvalue weighted by Gasteiger charge is 2.22. The quantitative estimate of drug-likeness (QED) is 0.319. The Morgan fingerprint density at radius 2 is 1.65 bits per heavy atom. The van der Waals surface area contributed by atoms with Gasteiger partial charge in [0.25, 0.3) is 11.6 Å². The topological polar surface area (TPSA) is 75.9 Å². The molecule has 0 radical (unpaired) electrons. The number of hydrogen-bond donors (Lipinski definition) is 0. The minimum Gasteiger partial charge on any atom is -0.489 e. The highest BCUT2D eigenvalue weighted by atomic mass is 35.5. The van der Waals surface area contributed by atoms with E-state index in [2.05, 4.69) is 4.90 Å². The number of carbonyl (C=O) groups is 1. The van der Waals surface area contributed by atoms with E-state index in [-0.39, 0.29) is 18.2 Å². The largest absolute Gasteiger partial charge is 0.489 e. The van der Waals surface area contributed by atoms with Crippen molar-refractivity contribution >= 4 is 34.8 Å². The van der Waals surface area contributed by atoms with Gasteiger partial charge in [0.2, 0.25) is 0 Å². The third kappa shape index (κ3) is 6.05. The Labute approximate surface area is 207 Å². The summed E-state index contributed by atoms with van der Waals surface area (Å²) in [6.07, 6.45) is 0. The molecule has 1 aliphatic heterocycles. The van der Waals surface area contributed by atoms with Gasteiger partial charge in [-0.25, -0.2) is 0 Å². The van der Waals surface area contributed by atoms with Gasteiger partial charge in [0.15, 0.2) is 0 Å². The van der Waals surface area contributed by atoms with Crippen LogP contribution in [0.25, 0.3) is 0 Å². The molecule has 1 saturated heterocycles. The van der Waals surface area contributed by atoms with E-state index >= 15 is 0 Å². The van der Waals surface area contributed by atoms with E-state index in [1.165, 1.54) is 12.1 Å². The number of carbonyl (C=O) groups excluding carboxylic acids is 1. The van der Waals surface area contributed by atoms with Gasteiger partial charge in [-0.05, 0) is 47.5 Å². The Bertz CT molecular complexity index is 1180. The maximum Gasteiger partial charge on any atom is 0.269 e. The lowest BCUT2D eigenvalue weighted by atomic mass is 10.1. The van der Waals surface area contributed by atoms with Gasteiger partial charge in [-0.1, -0.05) is 41.4 Å². The van der Waals surface area contributed by atoms with Gasteiger partial charge in [0.1, 0.15) is 12.4 Å². The van der Waals surface area contributed by atoms with Crippen LogP contribution >= 0.6 is 23.2 Å². The number of benzene rings is 3. The number of nitro groups is 1. The molecule has 1 heterocycles. The lowest BCUT2D eigenvalue weighted by Crippen LogP contribution is -2.48. The normalized spacial score (nSPS) is 14.1. The second-order valence-electron chi connectivity index (χ2n) is 8.06. The fraction of sp³-hybridized carbons (Fsp3) is 0.240. The van der Waals surface area contributed by atoms with Crippen molar-refractivity contribution < 1.29 is 14.5 Å². The number of piperazine rings is 1. The summed E-state index contributed by atoms with van der Waals surface area (Å²) in [5.74, 6) is 0.520. The van der Waals surface area contributed by atoms with Crippen molar-refractivity contribution in [1.29, 1.82) is 0 Å².